The van der Waals surface area contributed by atoms with E-state index < -0.39 is 0 Å². The van der Waals surface area contributed by atoms with Gasteiger partial charge in [-0.1, -0.05) is 5.16 Å². The molecule has 5 heteroatoms. The van der Waals surface area contributed by atoms with Crippen molar-refractivity contribution in [2.24, 2.45) is 0 Å². The number of carbonyl (C=O) groups excluding carboxylic acids is 1. The number of urea groups is 1. The first-order valence-electron chi connectivity index (χ1n) is 4.39. The number of aromatic nitrogens is 1. The van der Waals surface area contributed by atoms with E-state index in [2.05, 4.69) is 15.8 Å². The zero-order chi connectivity index (χ0) is 10.8. The molecule has 0 atom stereocenters. The average molecular weight is 197 g/mol. The molecule has 0 aromatic carbocycles. The Morgan fingerprint density at radius 2 is 2.14 bits per heavy atom. The summed E-state index contributed by atoms with van der Waals surface area (Å²) in [6.07, 6.45) is 0. The summed E-state index contributed by atoms with van der Waals surface area (Å²) < 4.78 is 4.80. The third-order valence-corrected chi connectivity index (χ3v) is 1.36. The fourth-order valence-electron chi connectivity index (χ4n) is 0.913. The van der Waals surface area contributed by atoms with Gasteiger partial charge in [0, 0.05) is 11.6 Å². The summed E-state index contributed by atoms with van der Waals surface area (Å²) in [7, 11) is 0. The molecule has 1 heterocycles. The Bertz CT molecular complexity index is 325. The molecule has 0 aliphatic carbocycles. The molecule has 2 N–H and O–H groups in total. The Kier molecular flexibility index (Phi) is 2.78. The Labute approximate surface area is 82.8 Å². The molecule has 0 spiro atoms. The van der Waals surface area contributed by atoms with E-state index in [1.165, 1.54) is 0 Å². The van der Waals surface area contributed by atoms with Crippen molar-refractivity contribution in [1.29, 1.82) is 0 Å². The smallest absolute Gasteiger partial charge is 0.320 e. The van der Waals surface area contributed by atoms with Crippen molar-refractivity contribution in [2.75, 3.05) is 5.32 Å². The molecule has 0 saturated carbocycles. The van der Waals surface area contributed by atoms with Crippen LogP contribution in [-0.4, -0.2) is 16.7 Å². The number of nitrogens with one attached hydrogen (secondary N) is 2. The third-order valence-electron chi connectivity index (χ3n) is 1.36. The highest BCUT2D eigenvalue weighted by Gasteiger charge is 2.14. The van der Waals surface area contributed by atoms with Crippen LogP contribution in [0.4, 0.5) is 10.6 Å². The lowest BCUT2D eigenvalue weighted by Crippen LogP contribution is -2.43. The lowest BCUT2D eigenvalue weighted by molar-refractivity contribution is 0.243. The van der Waals surface area contributed by atoms with Crippen molar-refractivity contribution in [3.05, 3.63) is 11.8 Å². The number of nitrogens with zero attached hydrogens (tertiary/aromatic N) is 1. The summed E-state index contributed by atoms with van der Waals surface area (Å²) in [6, 6.07) is 1.37. The van der Waals surface area contributed by atoms with Gasteiger partial charge in [-0.05, 0) is 27.7 Å². The molecule has 1 aromatic rings. The van der Waals surface area contributed by atoms with Crippen molar-refractivity contribution in [3.8, 4) is 0 Å². The first-order chi connectivity index (χ1) is 6.37. The van der Waals surface area contributed by atoms with Gasteiger partial charge in [0.15, 0.2) is 5.82 Å². The second-order valence-corrected chi connectivity index (χ2v) is 4.15. The van der Waals surface area contributed by atoms with Crippen molar-refractivity contribution >= 4 is 11.8 Å². The first kappa shape index (κ1) is 10.6. The van der Waals surface area contributed by atoms with E-state index in [9.17, 15) is 4.79 Å². The topological polar surface area (TPSA) is 67.2 Å². The molecule has 0 radical (unpaired) electrons. The molecule has 5 nitrogen and oxygen atoms in total. The number of hydrogen-bond acceptors (Lipinski definition) is 3. The van der Waals surface area contributed by atoms with Gasteiger partial charge in [0.1, 0.15) is 5.76 Å². The van der Waals surface area contributed by atoms with E-state index in [1.54, 1.807) is 13.0 Å². The minimum atomic E-state index is -0.286. The third kappa shape index (κ3) is 3.47. The van der Waals surface area contributed by atoms with Crippen LogP contribution >= 0.6 is 0 Å². The van der Waals surface area contributed by atoms with Gasteiger partial charge < -0.3 is 9.84 Å². The summed E-state index contributed by atoms with van der Waals surface area (Å²) in [6.45, 7) is 7.47. The minimum absolute atomic E-state index is 0.261. The molecular weight excluding hydrogens is 182 g/mol. The van der Waals surface area contributed by atoms with Crippen LogP contribution in [0.3, 0.4) is 0 Å². The SMILES string of the molecule is Cc1cc(NC(=O)NC(C)(C)C)no1. The van der Waals surface area contributed by atoms with Gasteiger partial charge in [0.05, 0.1) is 0 Å². The fraction of sp³-hybridized carbons (Fsp3) is 0.556. The molecule has 0 unspecified atom stereocenters. The van der Waals surface area contributed by atoms with Crippen LogP contribution in [0.15, 0.2) is 10.6 Å². The van der Waals surface area contributed by atoms with Crippen molar-refractivity contribution in [3.63, 3.8) is 0 Å². The van der Waals surface area contributed by atoms with E-state index >= 15 is 0 Å². The molecule has 78 valence electrons. The predicted molar refractivity (Wildman–Crippen MR) is 53.1 cm³/mol. The standard InChI is InChI=1S/C9H15N3O2/c1-6-5-7(12-14-6)10-8(13)11-9(2,3)4/h5H,1-4H3,(H2,10,11,12,13). The zero-order valence-electron chi connectivity index (χ0n) is 8.84. The van der Waals surface area contributed by atoms with Crippen LogP contribution in [0.2, 0.25) is 0 Å². The number of anilines is 1. The van der Waals surface area contributed by atoms with Crippen LogP contribution < -0.4 is 10.6 Å². The van der Waals surface area contributed by atoms with Crippen LogP contribution in [-0.2, 0) is 0 Å². The van der Waals surface area contributed by atoms with Gasteiger partial charge in [0.25, 0.3) is 0 Å². The molecule has 0 saturated heterocycles. The summed E-state index contributed by atoms with van der Waals surface area (Å²) in [5, 5.41) is 8.95. The first-order valence-corrected chi connectivity index (χ1v) is 4.39. The Morgan fingerprint density at radius 3 is 2.57 bits per heavy atom. The van der Waals surface area contributed by atoms with Gasteiger partial charge in [0.2, 0.25) is 0 Å². The number of hydrogen-bond donors (Lipinski definition) is 2. The Balaban J connectivity index is 2.50. The van der Waals surface area contributed by atoms with Gasteiger partial charge in [-0.15, -0.1) is 0 Å². The lowest BCUT2D eigenvalue weighted by Gasteiger charge is -2.19. The number of carbonyl (C=O) groups is 1. The molecule has 2 amide bonds. The van der Waals surface area contributed by atoms with Crippen molar-refractivity contribution in [1.82, 2.24) is 10.5 Å². The molecular formula is C9H15N3O2. The maximum Gasteiger partial charge on any atom is 0.320 e. The second kappa shape index (κ2) is 3.69. The Morgan fingerprint density at radius 1 is 1.50 bits per heavy atom. The molecule has 1 aromatic heterocycles. The Hall–Kier alpha value is -1.52. The minimum Gasteiger partial charge on any atom is -0.360 e. The normalized spacial score (nSPS) is 11.1. The molecule has 1 rings (SSSR count). The maximum atomic E-state index is 11.3. The lowest BCUT2D eigenvalue weighted by atomic mass is 10.1. The zero-order valence-corrected chi connectivity index (χ0v) is 8.84. The van der Waals surface area contributed by atoms with Crippen LogP contribution in [0.5, 0.6) is 0 Å². The summed E-state index contributed by atoms with van der Waals surface area (Å²) >= 11 is 0. The highest BCUT2D eigenvalue weighted by atomic mass is 16.5. The fourth-order valence-corrected chi connectivity index (χ4v) is 0.913. The molecule has 0 bridgehead atoms. The molecule has 0 fully saturated rings. The van der Waals surface area contributed by atoms with E-state index in [0.717, 1.165) is 0 Å². The van der Waals surface area contributed by atoms with Crippen LogP contribution in [0.25, 0.3) is 0 Å². The highest BCUT2D eigenvalue weighted by Crippen LogP contribution is 2.07. The van der Waals surface area contributed by atoms with E-state index in [4.69, 9.17) is 4.52 Å². The predicted octanol–water partition coefficient (Wildman–Crippen LogP) is 1.90. The van der Waals surface area contributed by atoms with Gasteiger partial charge >= 0.3 is 6.03 Å². The van der Waals surface area contributed by atoms with Crippen LogP contribution in [0.1, 0.15) is 26.5 Å². The number of rotatable bonds is 1. The molecule has 14 heavy (non-hydrogen) atoms. The van der Waals surface area contributed by atoms with Crippen molar-refractivity contribution in [2.45, 2.75) is 33.2 Å². The molecule has 0 aliphatic heterocycles. The van der Waals surface area contributed by atoms with Crippen molar-refractivity contribution < 1.29 is 9.32 Å². The largest absolute Gasteiger partial charge is 0.360 e. The average Bonchev–Trinajstić information content (AvgIpc) is 2.30. The van der Waals surface area contributed by atoms with Crippen LogP contribution in [0, 0.1) is 6.92 Å². The van der Waals surface area contributed by atoms with Gasteiger partial charge in [-0.25, -0.2) is 4.79 Å². The highest BCUT2D eigenvalue weighted by molar-refractivity contribution is 5.88. The summed E-state index contributed by atoms with van der Waals surface area (Å²) in [5.74, 6) is 1.08. The molecule has 0 aliphatic rings. The second-order valence-electron chi connectivity index (χ2n) is 4.15. The summed E-state index contributed by atoms with van der Waals surface area (Å²) in [4.78, 5) is 11.3. The summed E-state index contributed by atoms with van der Waals surface area (Å²) in [5.41, 5.74) is -0.261. The monoisotopic (exact) mass is 197 g/mol. The van der Waals surface area contributed by atoms with Gasteiger partial charge in [-0.2, -0.15) is 0 Å². The van der Waals surface area contributed by atoms with E-state index in [1.807, 2.05) is 20.8 Å². The quantitative estimate of drug-likeness (QED) is 0.722. The van der Waals surface area contributed by atoms with Gasteiger partial charge in [-0.3, -0.25) is 5.32 Å². The number of aryl methyl sites for hydroxylation is 1. The number of amides is 2. The maximum absolute atomic E-state index is 11.3. The van der Waals surface area contributed by atoms with E-state index in [0.29, 0.717) is 11.6 Å². The van der Waals surface area contributed by atoms with E-state index in [-0.39, 0.29) is 11.6 Å².